The minimum absolute atomic E-state index is 0.0292. The first kappa shape index (κ1) is 23.4. The van der Waals surface area contributed by atoms with Gasteiger partial charge in [-0.25, -0.2) is 9.67 Å². The van der Waals surface area contributed by atoms with E-state index in [4.69, 9.17) is 0 Å². The number of hydrogen-bond acceptors (Lipinski definition) is 7. The number of nitrogens with zero attached hydrogens (tertiary/aromatic N) is 7. The third kappa shape index (κ3) is 5.25. The van der Waals surface area contributed by atoms with Crippen molar-refractivity contribution in [2.75, 3.05) is 11.1 Å². The zero-order valence-electron chi connectivity index (χ0n) is 17.9. The summed E-state index contributed by atoms with van der Waals surface area (Å²) in [7, 11) is 0. The van der Waals surface area contributed by atoms with Gasteiger partial charge in [0.1, 0.15) is 12.7 Å². The van der Waals surface area contributed by atoms with Crippen molar-refractivity contribution in [1.82, 2.24) is 34.5 Å². The van der Waals surface area contributed by atoms with Gasteiger partial charge in [-0.15, -0.1) is 10.2 Å². The molecule has 4 aromatic rings. The van der Waals surface area contributed by atoms with Crippen LogP contribution in [0.3, 0.4) is 0 Å². The predicted molar refractivity (Wildman–Crippen MR) is 119 cm³/mol. The zero-order chi connectivity index (χ0) is 24.1. The van der Waals surface area contributed by atoms with Crippen LogP contribution in [0.5, 0.6) is 0 Å². The molecule has 3 aromatic heterocycles. The molecule has 0 atom stereocenters. The normalized spacial score (nSPS) is 11.5. The Kier molecular flexibility index (Phi) is 6.91. The number of amides is 1. The fourth-order valence-electron chi connectivity index (χ4n) is 3.20. The van der Waals surface area contributed by atoms with E-state index in [-0.39, 0.29) is 17.1 Å². The van der Waals surface area contributed by atoms with Crippen molar-refractivity contribution in [2.24, 2.45) is 0 Å². The van der Waals surface area contributed by atoms with Gasteiger partial charge in [0.15, 0.2) is 11.0 Å². The van der Waals surface area contributed by atoms with Gasteiger partial charge in [-0.05, 0) is 36.8 Å². The molecule has 3 heterocycles. The molecule has 13 heteroatoms. The molecule has 0 spiro atoms. The van der Waals surface area contributed by atoms with E-state index in [9.17, 15) is 18.0 Å². The molecular weight excluding hydrogens is 469 g/mol. The summed E-state index contributed by atoms with van der Waals surface area (Å²) in [5.41, 5.74) is 0.189. The molecule has 34 heavy (non-hydrogen) atoms. The molecule has 1 amide bonds. The molecule has 176 valence electrons. The average molecular weight is 488 g/mol. The second-order valence-corrected chi connectivity index (χ2v) is 8.04. The number of alkyl halides is 3. The van der Waals surface area contributed by atoms with Gasteiger partial charge in [0.2, 0.25) is 5.91 Å². The van der Waals surface area contributed by atoms with Gasteiger partial charge < -0.3 is 9.88 Å². The molecule has 1 aromatic carbocycles. The van der Waals surface area contributed by atoms with Gasteiger partial charge in [0.05, 0.1) is 22.7 Å². The van der Waals surface area contributed by atoms with Crippen molar-refractivity contribution in [1.29, 1.82) is 0 Å². The van der Waals surface area contributed by atoms with E-state index < -0.39 is 17.6 Å². The second-order valence-electron chi connectivity index (χ2n) is 7.10. The highest BCUT2D eigenvalue weighted by atomic mass is 32.2. The molecule has 0 aliphatic carbocycles. The van der Waals surface area contributed by atoms with Gasteiger partial charge in [0, 0.05) is 24.5 Å². The van der Waals surface area contributed by atoms with Crippen molar-refractivity contribution in [3.63, 3.8) is 0 Å². The maximum Gasteiger partial charge on any atom is 0.416 e. The topological polar surface area (TPSA) is 103 Å². The van der Waals surface area contributed by atoms with Crippen molar-refractivity contribution in [2.45, 2.75) is 31.2 Å². The largest absolute Gasteiger partial charge is 0.416 e. The predicted octanol–water partition coefficient (Wildman–Crippen LogP) is 4.08. The molecule has 0 saturated carbocycles. The number of hydrogen-bond donors (Lipinski definition) is 1. The Morgan fingerprint density at radius 2 is 1.91 bits per heavy atom. The SMILES string of the molecule is CCCn1c(SCC(=O)Nc2cc(C(F)(F)F)ccc2-n2cncn2)nnc1-c1ccncc1. The second kappa shape index (κ2) is 10.0. The molecular formula is C21H19F3N8OS. The first-order chi connectivity index (χ1) is 16.4. The number of nitrogens with one attached hydrogen (secondary N) is 1. The number of thioether (sulfide) groups is 1. The van der Waals surface area contributed by atoms with Gasteiger partial charge in [-0.3, -0.25) is 9.78 Å². The lowest BCUT2D eigenvalue weighted by atomic mass is 10.1. The van der Waals surface area contributed by atoms with E-state index in [0.717, 1.165) is 35.9 Å². The highest BCUT2D eigenvalue weighted by Gasteiger charge is 2.31. The van der Waals surface area contributed by atoms with Crippen LogP contribution in [0, 0.1) is 0 Å². The third-order valence-corrected chi connectivity index (χ3v) is 5.67. The van der Waals surface area contributed by atoms with Crippen LogP contribution < -0.4 is 5.32 Å². The molecule has 0 saturated heterocycles. The highest BCUT2D eigenvalue weighted by molar-refractivity contribution is 7.99. The maximum atomic E-state index is 13.2. The minimum atomic E-state index is -4.56. The standard InChI is InChI=1S/C21H19F3N8OS/c1-2-9-31-19(14-5-7-25-8-6-14)29-30-20(31)34-11-18(33)28-16-10-15(21(22,23)24)3-4-17(16)32-13-26-12-27-32/h3-8,10,12-13H,2,9,11H2,1H3,(H,28,33). The fraction of sp³-hybridized carbons (Fsp3) is 0.238. The summed E-state index contributed by atoms with van der Waals surface area (Å²) in [6.45, 7) is 2.65. The van der Waals surface area contributed by atoms with E-state index in [1.54, 1.807) is 12.4 Å². The van der Waals surface area contributed by atoms with Crippen LogP contribution in [0.25, 0.3) is 17.1 Å². The van der Waals surface area contributed by atoms with Gasteiger partial charge >= 0.3 is 6.18 Å². The summed E-state index contributed by atoms with van der Waals surface area (Å²) >= 11 is 1.15. The van der Waals surface area contributed by atoms with Crippen LogP contribution >= 0.6 is 11.8 Å². The van der Waals surface area contributed by atoms with Crippen LogP contribution in [-0.4, -0.2) is 46.2 Å². The Hall–Kier alpha value is -3.74. The summed E-state index contributed by atoms with van der Waals surface area (Å²) in [5, 5.41) is 15.5. The Labute approximate surface area is 196 Å². The van der Waals surface area contributed by atoms with E-state index >= 15 is 0 Å². The Morgan fingerprint density at radius 3 is 2.59 bits per heavy atom. The molecule has 4 rings (SSSR count). The van der Waals surface area contributed by atoms with Gasteiger partial charge in [-0.2, -0.15) is 18.3 Å². The number of carbonyl (C=O) groups excluding carboxylic acids is 1. The first-order valence-electron chi connectivity index (χ1n) is 10.2. The molecule has 0 fully saturated rings. The summed E-state index contributed by atoms with van der Waals surface area (Å²) in [5.74, 6) is 0.0753. The molecule has 0 bridgehead atoms. The number of anilines is 1. The van der Waals surface area contributed by atoms with E-state index in [1.165, 1.54) is 23.4 Å². The van der Waals surface area contributed by atoms with Crippen LogP contribution in [0.1, 0.15) is 18.9 Å². The van der Waals surface area contributed by atoms with Crippen molar-refractivity contribution in [3.8, 4) is 17.1 Å². The van der Waals surface area contributed by atoms with Crippen LogP contribution in [0.4, 0.5) is 18.9 Å². The lowest BCUT2D eigenvalue weighted by Gasteiger charge is -2.14. The number of aromatic nitrogens is 7. The van der Waals surface area contributed by atoms with Gasteiger partial charge in [-0.1, -0.05) is 18.7 Å². The van der Waals surface area contributed by atoms with E-state index in [1.807, 2.05) is 23.6 Å². The summed E-state index contributed by atoms with van der Waals surface area (Å²) < 4.78 is 42.9. The monoisotopic (exact) mass is 488 g/mol. The quantitative estimate of drug-likeness (QED) is 0.373. The van der Waals surface area contributed by atoms with Crippen LogP contribution in [-0.2, 0) is 17.5 Å². The smallest absolute Gasteiger partial charge is 0.323 e. The number of halogens is 3. The molecule has 0 aliphatic rings. The molecule has 0 unspecified atom stereocenters. The highest BCUT2D eigenvalue weighted by Crippen LogP contribution is 2.33. The van der Waals surface area contributed by atoms with Crippen molar-refractivity contribution < 1.29 is 18.0 Å². The minimum Gasteiger partial charge on any atom is -0.323 e. The Morgan fingerprint density at radius 1 is 1.12 bits per heavy atom. The van der Waals surface area contributed by atoms with E-state index in [2.05, 4.69) is 30.6 Å². The third-order valence-electron chi connectivity index (χ3n) is 4.70. The van der Waals surface area contributed by atoms with Crippen LogP contribution in [0.2, 0.25) is 0 Å². The summed E-state index contributed by atoms with van der Waals surface area (Å²) in [6, 6.07) is 6.67. The average Bonchev–Trinajstić information content (AvgIpc) is 3.48. The van der Waals surface area contributed by atoms with Crippen molar-refractivity contribution >= 4 is 23.4 Å². The lowest BCUT2D eigenvalue weighted by molar-refractivity contribution is -0.137. The van der Waals surface area contributed by atoms with Crippen molar-refractivity contribution in [3.05, 3.63) is 60.9 Å². The Balaban J connectivity index is 1.53. The Bertz CT molecular complexity index is 1260. The zero-order valence-corrected chi connectivity index (χ0v) is 18.7. The van der Waals surface area contributed by atoms with Gasteiger partial charge in [0.25, 0.3) is 0 Å². The molecule has 0 radical (unpaired) electrons. The molecule has 1 N–H and O–H groups in total. The first-order valence-corrected chi connectivity index (χ1v) is 11.2. The summed E-state index contributed by atoms with van der Waals surface area (Å²) in [4.78, 5) is 20.5. The lowest BCUT2D eigenvalue weighted by Crippen LogP contribution is -2.17. The number of pyridine rings is 1. The maximum absolute atomic E-state index is 13.2. The van der Waals surface area contributed by atoms with E-state index in [0.29, 0.717) is 17.5 Å². The molecule has 9 nitrogen and oxygen atoms in total. The number of benzene rings is 1. The summed E-state index contributed by atoms with van der Waals surface area (Å²) in [6.07, 6.45) is 2.15. The number of rotatable bonds is 8. The molecule has 0 aliphatic heterocycles. The van der Waals surface area contributed by atoms with Crippen LogP contribution in [0.15, 0.2) is 60.5 Å². The fourth-order valence-corrected chi connectivity index (χ4v) is 3.96. The number of carbonyl (C=O) groups is 1.